The van der Waals surface area contributed by atoms with Gasteiger partial charge in [-0.15, -0.1) is 0 Å². The number of aromatic nitrogens is 4. The maximum absolute atomic E-state index is 13.1. The minimum Gasteiger partial charge on any atom is -0.368 e. The monoisotopic (exact) mass is 498 g/mol. The molecule has 2 aromatic carbocycles. The van der Waals surface area contributed by atoms with Gasteiger partial charge in [-0.05, 0) is 55.5 Å². The van der Waals surface area contributed by atoms with Crippen LogP contribution in [0.4, 0.5) is 24.8 Å². The zero-order valence-electron chi connectivity index (χ0n) is 18.9. The molecular weight excluding hydrogens is 477 g/mol. The number of anilines is 2. The third-order valence-corrected chi connectivity index (χ3v) is 6.26. The van der Waals surface area contributed by atoms with Gasteiger partial charge in [0, 0.05) is 54.8 Å². The van der Waals surface area contributed by atoms with E-state index in [0.717, 1.165) is 28.7 Å². The SMILES string of the molecule is Cc1nn(-c2ccc(Cl)cc2)cc1-c1ccnc(N2CCN(c3cccc(C(F)(F)F)c3)CC2)n1. The Labute approximate surface area is 205 Å². The van der Waals surface area contributed by atoms with E-state index < -0.39 is 11.7 Å². The Morgan fingerprint density at radius 3 is 2.31 bits per heavy atom. The molecule has 0 N–H and O–H groups in total. The molecule has 1 aliphatic rings. The average molecular weight is 499 g/mol. The van der Waals surface area contributed by atoms with Crippen molar-refractivity contribution in [1.29, 1.82) is 0 Å². The van der Waals surface area contributed by atoms with Gasteiger partial charge in [0.15, 0.2) is 0 Å². The van der Waals surface area contributed by atoms with E-state index >= 15 is 0 Å². The predicted molar refractivity (Wildman–Crippen MR) is 130 cm³/mol. The highest BCUT2D eigenvalue weighted by molar-refractivity contribution is 6.30. The molecule has 0 aliphatic carbocycles. The van der Waals surface area contributed by atoms with Crippen LogP contribution in [-0.4, -0.2) is 45.9 Å². The molecule has 5 rings (SSSR count). The van der Waals surface area contributed by atoms with Gasteiger partial charge in [-0.25, -0.2) is 14.6 Å². The van der Waals surface area contributed by atoms with Crippen molar-refractivity contribution < 1.29 is 13.2 Å². The molecule has 2 aromatic heterocycles. The molecule has 0 bridgehead atoms. The van der Waals surface area contributed by atoms with Crippen LogP contribution in [-0.2, 0) is 6.18 Å². The molecular formula is C25H22ClF3N6. The Bertz CT molecular complexity index is 1330. The summed E-state index contributed by atoms with van der Waals surface area (Å²) in [4.78, 5) is 13.2. The zero-order chi connectivity index (χ0) is 24.6. The molecule has 1 fully saturated rings. The van der Waals surface area contributed by atoms with Crippen LogP contribution < -0.4 is 9.80 Å². The number of benzene rings is 2. The average Bonchev–Trinajstić information content (AvgIpc) is 3.26. The standard InChI is InChI=1S/C25H22ClF3N6/c1-17-22(16-35(32-17)20-7-5-19(26)6-8-20)23-9-10-30-24(31-23)34-13-11-33(12-14-34)21-4-2-3-18(15-21)25(27,28)29/h2-10,15-16H,11-14H2,1H3. The molecule has 180 valence electrons. The molecule has 0 unspecified atom stereocenters. The quantitative estimate of drug-likeness (QED) is 0.364. The Morgan fingerprint density at radius 2 is 1.60 bits per heavy atom. The first-order valence-corrected chi connectivity index (χ1v) is 11.5. The maximum Gasteiger partial charge on any atom is 0.416 e. The first-order chi connectivity index (χ1) is 16.8. The maximum atomic E-state index is 13.1. The van der Waals surface area contributed by atoms with Gasteiger partial charge in [0.1, 0.15) is 0 Å². The van der Waals surface area contributed by atoms with E-state index in [1.807, 2.05) is 53.3 Å². The summed E-state index contributed by atoms with van der Waals surface area (Å²) in [6.07, 6.45) is -0.711. The van der Waals surface area contributed by atoms with E-state index in [-0.39, 0.29) is 0 Å². The van der Waals surface area contributed by atoms with Crippen LogP contribution in [0, 0.1) is 6.92 Å². The summed E-state index contributed by atoms with van der Waals surface area (Å²) in [7, 11) is 0. The second kappa shape index (κ2) is 9.22. The first kappa shape index (κ1) is 23.2. The van der Waals surface area contributed by atoms with E-state index in [4.69, 9.17) is 16.6 Å². The number of piperazine rings is 1. The van der Waals surface area contributed by atoms with Crippen molar-refractivity contribution in [2.45, 2.75) is 13.1 Å². The van der Waals surface area contributed by atoms with Crippen molar-refractivity contribution in [3.05, 3.63) is 83.3 Å². The third-order valence-electron chi connectivity index (χ3n) is 6.01. The molecule has 4 aromatic rings. The molecule has 0 amide bonds. The second-order valence-electron chi connectivity index (χ2n) is 8.31. The number of rotatable bonds is 4. The fourth-order valence-corrected chi connectivity index (χ4v) is 4.26. The summed E-state index contributed by atoms with van der Waals surface area (Å²) in [5.74, 6) is 0.588. The Morgan fingerprint density at radius 1 is 0.886 bits per heavy atom. The van der Waals surface area contributed by atoms with Crippen LogP contribution in [0.15, 0.2) is 67.0 Å². The minimum atomic E-state index is -4.36. The van der Waals surface area contributed by atoms with Crippen molar-refractivity contribution in [1.82, 2.24) is 19.7 Å². The second-order valence-corrected chi connectivity index (χ2v) is 8.75. The van der Waals surface area contributed by atoms with Gasteiger partial charge in [0.2, 0.25) is 5.95 Å². The molecule has 35 heavy (non-hydrogen) atoms. The van der Waals surface area contributed by atoms with Gasteiger partial charge in [-0.3, -0.25) is 0 Å². The van der Waals surface area contributed by atoms with Gasteiger partial charge >= 0.3 is 6.18 Å². The van der Waals surface area contributed by atoms with Crippen LogP contribution in [0.1, 0.15) is 11.3 Å². The van der Waals surface area contributed by atoms with Gasteiger partial charge in [-0.1, -0.05) is 17.7 Å². The van der Waals surface area contributed by atoms with Crippen molar-refractivity contribution in [2.75, 3.05) is 36.0 Å². The van der Waals surface area contributed by atoms with Crippen LogP contribution in [0.3, 0.4) is 0 Å². The van der Waals surface area contributed by atoms with Crippen LogP contribution in [0.5, 0.6) is 0 Å². The minimum absolute atomic E-state index is 0.569. The fourth-order valence-electron chi connectivity index (χ4n) is 4.13. The van der Waals surface area contributed by atoms with Crippen LogP contribution in [0.2, 0.25) is 5.02 Å². The Kier molecular flexibility index (Phi) is 6.10. The van der Waals surface area contributed by atoms with Crippen molar-refractivity contribution in [3.8, 4) is 16.9 Å². The van der Waals surface area contributed by atoms with Crippen molar-refractivity contribution >= 4 is 23.2 Å². The normalized spacial score (nSPS) is 14.4. The largest absolute Gasteiger partial charge is 0.416 e. The molecule has 6 nitrogen and oxygen atoms in total. The van der Waals surface area contributed by atoms with Gasteiger partial charge < -0.3 is 9.80 Å². The highest BCUT2D eigenvalue weighted by atomic mass is 35.5. The lowest BCUT2D eigenvalue weighted by molar-refractivity contribution is -0.137. The molecule has 0 radical (unpaired) electrons. The molecule has 3 heterocycles. The highest BCUT2D eigenvalue weighted by Crippen LogP contribution is 2.32. The van der Waals surface area contributed by atoms with Crippen LogP contribution in [0.25, 0.3) is 16.9 Å². The van der Waals surface area contributed by atoms with Gasteiger partial charge in [-0.2, -0.15) is 18.3 Å². The van der Waals surface area contributed by atoms with Gasteiger partial charge in [0.25, 0.3) is 0 Å². The summed E-state index contributed by atoms with van der Waals surface area (Å²) in [5, 5.41) is 5.27. The topological polar surface area (TPSA) is 50.1 Å². The fraction of sp³-hybridized carbons (Fsp3) is 0.240. The summed E-state index contributed by atoms with van der Waals surface area (Å²) in [6, 6.07) is 14.7. The lowest BCUT2D eigenvalue weighted by Gasteiger charge is -2.36. The Balaban J connectivity index is 1.31. The molecule has 0 saturated carbocycles. The zero-order valence-corrected chi connectivity index (χ0v) is 19.6. The molecule has 0 atom stereocenters. The number of nitrogens with zero attached hydrogens (tertiary/aromatic N) is 6. The van der Waals surface area contributed by atoms with E-state index in [1.165, 1.54) is 12.1 Å². The van der Waals surface area contributed by atoms with Crippen LogP contribution >= 0.6 is 11.6 Å². The first-order valence-electron chi connectivity index (χ1n) is 11.1. The molecule has 0 spiro atoms. The molecule has 1 aliphatic heterocycles. The third kappa shape index (κ3) is 4.95. The number of alkyl halides is 3. The highest BCUT2D eigenvalue weighted by Gasteiger charge is 2.31. The lowest BCUT2D eigenvalue weighted by atomic mass is 10.1. The summed E-state index contributed by atoms with van der Waals surface area (Å²) >= 11 is 5.99. The Hall–Kier alpha value is -3.59. The molecule has 10 heteroatoms. The van der Waals surface area contributed by atoms with Crippen molar-refractivity contribution in [3.63, 3.8) is 0 Å². The van der Waals surface area contributed by atoms with E-state index in [2.05, 4.69) is 10.1 Å². The number of halogens is 4. The smallest absolute Gasteiger partial charge is 0.368 e. The number of hydrogen-bond donors (Lipinski definition) is 0. The van der Waals surface area contributed by atoms with Gasteiger partial charge in [0.05, 0.1) is 22.6 Å². The molecule has 1 saturated heterocycles. The summed E-state index contributed by atoms with van der Waals surface area (Å²) in [6.45, 7) is 4.27. The lowest BCUT2D eigenvalue weighted by Crippen LogP contribution is -2.47. The summed E-state index contributed by atoms with van der Waals surface area (Å²) in [5.41, 5.74) is 3.31. The predicted octanol–water partition coefficient (Wildman–Crippen LogP) is 5.64. The number of hydrogen-bond acceptors (Lipinski definition) is 5. The number of aryl methyl sites for hydroxylation is 1. The van der Waals surface area contributed by atoms with Crippen molar-refractivity contribution in [2.24, 2.45) is 0 Å². The summed E-state index contributed by atoms with van der Waals surface area (Å²) < 4.78 is 41.0. The van der Waals surface area contributed by atoms with E-state index in [0.29, 0.717) is 42.8 Å². The van der Waals surface area contributed by atoms with E-state index in [1.54, 1.807) is 16.9 Å². The van der Waals surface area contributed by atoms with E-state index in [9.17, 15) is 13.2 Å².